The quantitative estimate of drug-likeness (QED) is 0.712. The van der Waals surface area contributed by atoms with Crippen LogP contribution in [0.5, 0.6) is 0 Å². The van der Waals surface area contributed by atoms with E-state index in [0.717, 1.165) is 25.8 Å². The lowest BCUT2D eigenvalue weighted by Gasteiger charge is -2.16. The first kappa shape index (κ1) is 14.8. The minimum Gasteiger partial charge on any atom is -0.383 e. The summed E-state index contributed by atoms with van der Waals surface area (Å²) in [4.78, 5) is 0. The maximum absolute atomic E-state index is 6.20. The van der Waals surface area contributed by atoms with Crippen LogP contribution >= 0.6 is 38.5 Å². The van der Waals surface area contributed by atoms with Gasteiger partial charge in [-0.05, 0) is 62.5 Å². The normalized spacial score (nSPS) is 11.8. The standard InChI is InChI=1S/C14H17BrIN3/c1-14(2,3)8-10-12(16)13(17)19(18-10)11-7-5-4-6-9(11)15/h4-7H,8,17H2,1-3H3. The molecule has 0 aliphatic carbocycles. The summed E-state index contributed by atoms with van der Waals surface area (Å²) in [5, 5.41) is 4.68. The molecular weight excluding hydrogens is 417 g/mol. The molecule has 0 atom stereocenters. The molecule has 0 saturated heterocycles. The van der Waals surface area contributed by atoms with E-state index in [0.29, 0.717) is 5.82 Å². The van der Waals surface area contributed by atoms with Crippen LogP contribution in [-0.2, 0) is 6.42 Å². The van der Waals surface area contributed by atoms with Gasteiger partial charge in [-0.1, -0.05) is 32.9 Å². The van der Waals surface area contributed by atoms with Crippen LogP contribution in [0, 0.1) is 8.99 Å². The van der Waals surface area contributed by atoms with E-state index in [4.69, 9.17) is 5.73 Å². The Bertz CT molecular complexity index is 599. The number of halogens is 2. The lowest BCUT2D eigenvalue weighted by molar-refractivity contribution is 0.404. The number of anilines is 1. The molecule has 5 heteroatoms. The van der Waals surface area contributed by atoms with Crippen LogP contribution in [0.2, 0.25) is 0 Å². The van der Waals surface area contributed by atoms with Crippen LogP contribution in [0.4, 0.5) is 5.82 Å². The van der Waals surface area contributed by atoms with Gasteiger partial charge in [0.15, 0.2) is 0 Å². The molecular formula is C14H17BrIN3. The van der Waals surface area contributed by atoms with E-state index in [1.165, 1.54) is 0 Å². The van der Waals surface area contributed by atoms with Crippen molar-refractivity contribution in [1.82, 2.24) is 9.78 Å². The molecule has 0 aliphatic rings. The number of hydrogen-bond acceptors (Lipinski definition) is 2. The number of aromatic nitrogens is 2. The molecule has 0 bridgehead atoms. The summed E-state index contributed by atoms with van der Waals surface area (Å²) in [5.74, 6) is 0.701. The highest BCUT2D eigenvalue weighted by molar-refractivity contribution is 14.1. The third-order valence-corrected chi connectivity index (χ3v) is 4.55. The Morgan fingerprint density at radius 1 is 1.32 bits per heavy atom. The van der Waals surface area contributed by atoms with E-state index in [1.54, 1.807) is 0 Å². The number of benzene rings is 1. The predicted octanol–water partition coefficient (Wildman–Crippen LogP) is 4.41. The third-order valence-electron chi connectivity index (χ3n) is 2.71. The number of nitrogen functional groups attached to an aromatic ring is 1. The zero-order valence-electron chi connectivity index (χ0n) is 11.2. The summed E-state index contributed by atoms with van der Waals surface area (Å²) in [7, 11) is 0. The van der Waals surface area contributed by atoms with Crippen molar-refractivity contribution in [2.24, 2.45) is 5.41 Å². The fraction of sp³-hybridized carbons (Fsp3) is 0.357. The summed E-state index contributed by atoms with van der Waals surface area (Å²) >= 11 is 5.82. The summed E-state index contributed by atoms with van der Waals surface area (Å²) < 4.78 is 3.85. The summed E-state index contributed by atoms with van der Waals surface area (Å²) in [6.45, 7) is 6.62. The average molecular weight is 434 g/mol. The van der Waals surface area contributed by atoms with Crippen LogP contribution in [0.25, 0.3) is 5.69 Å². The maximum atomic E-state index is 6.20. The third kappa shape index (κ3) is 3.31. The Morgan fingerprint density at radius 3 is 2.53 bits per heavy atom. The van der Waals surface area contributed by atoms with E-state index in [-0.39, 0.29) is 5.41 Å². The minimum absolute atomic E-state index is 0.194. The van der Waals surface area contributed by atoms with Crippen molar-refractivity contribution < 1.29 is 0 Å². The van der Waals surface area contributed by atoms with Gasteiger partial charge in [-0.2, -0.15) is 5.10 Å². The van der Waals surface area contributed by atoms with Crippen molar-refractivity contribution in [1.29, 1.82) is 0 Å². The molecule has 0 spiro atoms. The molecule has 102 valence electrons. The van der Waals surface area contributed by atoms with Gasteiger partial charge in [-0.3, -0.25) is 0 Å². The van der Waals surface area contributed by atoms with E-state index in [2.05, 4.69) is 64.4 Å². The molecule has 1 heterocycles. The van der Waals surface area contributed by atoms with Crippen molar-refractivity contribution in [2.45, 2.75) is 27.2 Å². The van der Waals surface area contributed by atoms with Crippen LogP contribution < -0.4 is 5.73 Å². The van der Waals surface area contributed by atoms with Gasteiger partial charge in [0.25, 0.3) is 0 Å². The lowest BCUT2D eigenvalue weighted by atomic mass is 9.91. The summed E-state index contributed by atoms with van der Waals surface area (Å²) in [6.07, 6.45) is 0.910. The fourth-order valence-corrected chi connectivity index (χ4v) is 2.86. The van der Waals surface area contributed by atoms with E-state index in [1.807, 2.05) is 28.9 Å². The van der Waals surface area contributed by atoms with Gasteiger partial charge < -0.3 is 5.73 Å². The second-order valence-electron chi connectivity index (χ2n) is 5.75. The Hall–Kier alpha value is -0.560. The Kier molecular flexibility index (Phi) is 4.25. The highest BCUT2D eigenvalue weighted by Gasteiger charge is 2.20. The Balaban J connectivity index is 2.50. The number of para-hydroxylation sites is 1. The van der Waals surface area contributed by atoms with E-state index < -0.39 is 0 Å². The highest BCUT2D eigenvalue weighted by Crippen LogP contribution is 2.30. The average Bonchev–Trinajstić information content (AvgIpc) is 2.56. The molecule has 19 heavy (non-hydrogen) atoms. The first-order valence-corrected chi connectivity index (χ1v) is 7.94. The first-order chi connectivity index (χ1) is 8.79. The number of nitrogens with two attached hydrogens (primary N) is 1. The van der Waals surface area contributed by atoms with Crippen molar-refractivity contribution in [2.75, 3.05) is 5.73 Å². The monoisotopic (exact) mass is 433 g/mol. The van der Waals surface area contributed by atoms with Crippen LogP contribution in [0.15, 0.2) is 28.7 Å². The molecule has 0 fully saturated rings. The second kappa shape index (κ2) is 5.44. The molecule has 2 aromatic rings. The molecule has 1 aromatic heterocycles. The van der Waals surface area contributed by atoms with Crippen LogP contribution in [0.3, 0.4) is 0 Å². The predicted molar refractivity (Wildman–Crippen MR) is 91.6 cm³/mol. The van der Waals surface area contributed by atoms with Crippen molar-refractivity contribution in [3.63, 3.8) is 0 Å². The lowest BCUT2D eigenvalue weighted by Crippen LogP contribution is -2.10. The van der Waals surface area contributed by atoms with Crippen molar-refractivity contribution in [3.05, 3.63) is 38.0 Å². The van der Waals surface area contributed by atoms with Gasteiger partial charge >= 0.3 is 0 Å². The zero-order chi connectivity index (χ0) is 14.2. The smallest absolute Gasteiger partial charge is 0.141 e. The van der Waals surface area contributed by atoms with Gasteiger partial charge in [0.1, 0.15) is 5.82 Å². The van der Waals surface area contributed by atoms with E-state index >= 15 is 0 Å². The number of rotatable bonds is 2. The molecule has 3 nitrogen and oxygen atoms in total. The largest absolute Gasteiger partial charge is 0.383 e. The fourth-order valence-electron chi connectivity index (χ4n) is 1.88. The Labute approximate surface area is 135 Å². The SMILES string of the molecule is CC(C)(C)Cc1nn(-c2ccccc2Br)c(N)c1I. The topological polar surface area (TPSA) is 43.8 Å². The zero-order valence-corrected chi connectivity index (χ0v) is 15.0. The van der Waals surface area contributed by atoms with Crippen molar-refractivity contribution >= 4 is 44.3 Å². The number of hydrogen-bond donors (Lipinski definition) is 1. The number of nitrogens with zero attached hydrogens (tertiary/aromatic N) is 2. The summed E-state index contributed by atoms with van der Waals surface area (Å²) in [6, 6.07) is 7.96. The second-order valence-corrected chi connectivity index (χ2v) is 7.68. The highest BCUT2D eigenvalue weighted by atomic mass is 127. The molecule has 0 radical (unpaired) electrons. The summed E-state index contributed by atoms with van der Waals surface area (Å²) in [5.41, 5.74) is 8.42. The van der Waals surface area contributed by atoms with Gasteiger partial charge in [-0.25, -0.2) is 4.68 Å². The molecule has 1 aromatic carbocycles. The van der Waals surface area contributed by atoms with Gasteiger partial charge in [0, 0.05) is 4.47 Å². The van der Waals surface area contributed by atoms with Gasteiger partial charge in [0.2, 0.25) is 0 Å². The molecule has 0 amide bonds. The molecule has 0 saturated carbocycles. The van der Waals surface area contributed by atoms with Crippen molar-refractivity contribution in [3.8, 4) is 5.69 Å². The molecule has 2 N–H and O–H groups in total. The minimum atomic E-state index is 0.194. The molecule has 0 unspecified atom stereocenters. The molecule has 2 rings (SSSR count). The Morgan fingerprint density at radius 2 is 1.95 bits per heavy atom. The first-order valence-electron chi connectivity index (χ1n) is 6.07. The van der Waals surface area contributed by atoms with Crippen LogP contribution in [-0.4, -0.2) is 9.78 Å². The van der Waals surface area contributed by atoms with E-state index in [9.17, 15) is 0 Å². The molecule has 0 aliphatic heterocycles. The van der Waals surface area contributed by atoms with Gasteiger partial charge in [0.05, 0.1) is 15.0 Å². The van der Waals surface area contributed by atoms with Crippen LogP contribution in [0.1, 0.15) is 26.5 Å². The van der Waals surface area contributed by atoms with Gasteiger partial charge in [-0.15, -0.1) is 0 Å². The maximum Gasteiger partial charge on any atom is 0.141 e.